The Morgan fingerprint density at radius 1 is 1.50 bits per heavy atom. The minimum Gasteiger partial charge on any atom is -0.480 e. The van der Waals surface area contributed by atoms with Gasteiger partial charge in [0.25, 0.3) is 0 Å². The Balaban J connectivity index is 2.55. The molecule has 6 nitrogen and oxygen atoms in total. The van der Waals surface area contributed by atoms with Crippen LogP contribution in [0.5, 0.6) is 0 Å². The first-order valence-electron chi connectivity index (χ1n) is 6.30. The molecule has 102 valence electrons. The number of carbonyl (C=O) groups is 3. The van der Waals surface area contributed by atoms with Crippen molar-refractivity contribution in [2.45, 2.75) is 39.2 Å². The topological polar surface area (TPSA) is 86.7 Å². The van der Waals surface area contributed by atoms with Crippen LogP contribution in [-0.2, 0) is 14.4 Å². The van der Waals surface area contributed by atoms with Crippen molar-refractivity contribution in [2.24, 2.45) is 5.92 Å². The van der Waals surface area contributed by atoms with Crippen molar-refractivity contribution < 1.29 is 19.5 Å². The van der Waals surface area contributed by atoms with E-state index in [0.29, 0.717) is 25.9 Å². The van der Waals surface area contributed by atoms with Gasteiger partial charge in [0.05, 0.1) is 5.92 Å². The van der Waals surface area contributed by atoms with Gasteiger partial charge in [0.2, 0.25) is 11.8 Å². The summed E-state index contributed by atoms with van der Waals surface area (Å²) < 4.78 is 0. The number of likely N-dealkylation sites (tertiary alicyclic amines) is 1. The molecule has 1 aliphatic heterocycles. The van der Waals surface area contributed by atoms with Gasteiger partial charge < -0.3 is 15.3 Å². The largest absolute Gasteiger partial charge is 0.480 e. The van der Waals surface area contributed by atoms with Crippen LogP contribution in [0.4, 0.5) is 0 Å². The number of carboxylic acids is 1. The van der Waals surface area contributed by atoms with Crippen LogP contribution in [0.15, 0.2) is 0 Å². The highest BCUT2D eigenvalue weighted by Gasteiger charge is 2.34. The third-order valence-corrected chi connectivity index (χ3v) is 3.16. The third-order valence-electron chi connectivity index (χ3n) is 3.16. The number of amides is 2. The SMILES string of the molecule is CCCC(NC(=O)C1CC(=O)N(CC)C1)C(=O)O. The van der Waals surface area contributed by atoms with Crippen molar-refractivity contribution in [1.82, 2.24) is 10.2 Å². The Morgan fingerprint density at radius 2 is 2.17 bits per heavy atom. The maximum Gasteiger partial charge on any atom is 0.326 e. The second-order valence-electron chi connectivity index (χ2n) is 4.52. The molecule has 1 rings (SSSR count). The zero-order valence-electron chi connectivity index (χ0n) is 10.8. The molecule has 1 fully saturated rings. The fraction of sp³-hybridized carbons (Fsp3) is 0.750. The van der Waals surface area contributed by atoms with Crippen molar-refractivity contribution in [2.75, 3.05) is 13.1 Å². The molecule has 6 heteroatoms. The lowest BCUT2D eigenvalue weighted by Crippen LogP contribution is -2.44. The third kappa shape index (κ3) is 3.45. The molecule has 0 bridgehead atoms. The normalized spacial score (nSPS) is 20.9. The zero-order chi connectivity index (χ0) is 13.7. The van der Waals surface area contributed by atoms with Crippen molar-refractivity contribution in [3.05, 3.63) is 0 Å². The van der Waals surface area contributed by atoms with Gasteiger partial charge in [-0.25, -0.2) is 4.79 Å². The minimum atomic E-state index is -1.03. The first-order valence-corrected chi connectivity index (χ1v) is 6.30. The highest BCUT2D eigenvalue weighted by atomic mass is 16.4. The van der Waals surface area contributed by atoms with E-state index in [-0.39, 0.29) is 18.2 Å². The van der Waals surface area contributed by atoms with E-state index in [1.165, 1.54) is 0 Å². The van der Waals surface area contributed by atoms with Gasteiger partial charge >= 0.3 is 5.97 Å². The molecule has 1 saturated heterocycles. The molecule has 0 aromatic heterocycles. The lowest BCUT2D eigenvalue weighted by Gasteiger charge is -2.17. The van der Waals surface area contributed by atoms with Crippen LogP contribution in [-0.4, -0.2) is 46.9 Å². The maximum absolute atomic E-state index is 11.9. The maximum atomic E-state index is 11.9. The lowest BCUT2D eigenvalue weighted by molar-refractivity contribution is -0.142. The molecule has 0 spiro atoms. The number of carbonyl (C=O) groups excluding carboxylic acids is 2. The first kappa shape index (κ1) is 14.5. The lowest BCUT2D eigenvalue weighted by atomic mass is 10.1. The summed E-state index contributed by atoms with van der Waals surface area (Å²) >= 11 is 0. The number of hydrogen-bond acceptors (Lipinski definition) is 3. The van der Waals surface area contributed by atoms with E-state index in [4.69, 9.17) is 5.11 Å². The van der Waals surface area contributed by atoms with Gasteiger partial charge in [-0.2, -0.15) is 0 Å². The van der Waals surface area contributed by atoms with E-state index in [1.807, 2.05) is 13.8 Å². The van der Waals surface area contributed by atoms with Gasteiger partial charge in [0.1, 0.15) is 6.04 Å². The monoisotopic (exact) mass is 256 g/mol. The van der Waals surface area contributed by atoms with Crippen LogP contribution in [0.2, 0.25) is 0 Å². The van der Waals surface area contributed by atoms with Crippen LogP contribution in [0.3, 0.4) is 0 Å². The molecule has 0 aromatic rings. The van der Waals surface area contributed by atoms with Crippen molar-refractivity contribution in [1.29, 1.82) is 0 Å². The van der Waals surface area contributed by atoms with Crippen LogP contribution >= 0.6 is 0 Å². The van der Waals surface area contributed by atoms with E-state index in [1.54, 1.807) is 4.90 Å². The van der Waals surface area contributed by atoms with E-state index < -0.39 is 17.9 Å². The van der Waals surface area contributed by atoms with Gasteiger partial charge in [0, 0.05) is 19.5 Å². The van der Waals surface area contributed by atoms with Gasteiger partial charge in [-0.15, -0.1) is 0 Å². The molecule has 2 atom stereocenters. The molecule has 1 heterocycles. The quantitative estimate of drug-likeness (QED) is 0.712. The molecule has 0 radical (unpaired) electrons. The highest BCUT2D eigenvalue weighted by molar-refractivity contribution is 5.91. The van der Waals surface area contributed by atoms with Gasteiger partial charge in [-0.3, -0.25) is 9.59 Å². The van der Waals surface area contributed by atoms with Gasteiger partial charge in [-0.1, -0.05) is 13.3 Å². The molecule has 0 aliphatic carbocycles. The molecule has 0 saturated carbocycles. The van der Waals surface area contributed by atoms with Crippen molar-refractivity contribution >= 4 is 17.8 Å². The summed E-state index contributed by atoms with van der Waals surface area (Å²) in [6.07, 6.45) is 1.26. The molecular weight excluding hydrogens is 236 g/mol. The van der Waals surface area contributed by atoms with Crippen LogP contribution in [0.1, 0.15) is 33.1 Å². The highest BCUT2D eigenvalue weighted by Crippen LogP contribution is 2.17. The summed E-state index contributed by atoms with van der Waals surface area (Å²) in [5.74, 6) is -1.82. The average molecular weight is 256 g/mol. The number of nitrogens with one attached hydrogen (secondary N) is 1. The minimum absolute atomic E-state index is 0.0417. The van der Waals surface area contributed by atoms with Gasteiger partial charge in [-0.05, 0) is 13.3 Å². The Hall–Kier alpha value is -1.59. The van der Waals surface area contributed by atoms with E-state index in [0.717, 1.165) is 0 Å². The van der Waals surface area contributed by atoms with E-state index >= 15 is 0 Å². The Morgan fingerprint density at radius 3 is 2.61 bits per heavy atom. The van der Waals surface area contributed by atoms with Gasteiger partial charge in [0.15, 0.2) is 0 Å². The summed E-state index contributed by atoms with van der Waals surface area (Å²) in [6.45, 7) is 4.69. The van der Waals surface area contributed by atoms with Crippen LogP contribution < -0.4 is 5.32 Å². The molecule has 18 heavy (non-hydrogen) atoms. The van der Waals surface area contributed by atoms with Crippen molar-refractivity contribution in [3.8, 4) is 0 Å². The standard InChI is InChI=1S/C12H20N2O4/c1-3-5-9(12(17)18)13-11(16)8-6-10(15)14(4-2)7-8/h8-9H,3-7H2,1-2H3,(H,13,16)(H,17,18). The van der Waals surface area contributed by atoms with E-state index in [9.17, 15) is 14.4 Å². The summed E-state index contributed by atoms with van der Waals surface area (Å²) in [7, 11) is 0. The molecule has 2 amide bonds. The van der Waals surface area contributed by atoms with Crippen LogP contribution in [0, 0.1) is 5.92 Å². The molecular formula is C12H20N2O4. The summed E-state index contributed by atoms with van der Waals surface area (Å²) in [5.41, 5.74) is 0. The molecule has 0 aromatic carbocycles. The number of aliphatic carboxylic acids is 1. The fourth-order valence-corrected chi connectivity index (χ4v) is 2.09. The Labute approximate surface area is 106 Å². The second kappa shape index (κ2) is 6.37. The molecule has 2 N–H and O–H groups in total. The summed E-state index contributed by atoms with van der Waals surface area (Å²) in [5, 5.41) is 11.5. The number of hydrogen-bond donors (Lipinski definition) is 2. The van der Waals surface area contributed by atoms with Crippen molar-refractivity contribution in [3.63, 3.8) is 0 Å². The summed E-state index contributed by atoms with van der Waals surface area (Å²) in [4.78, 5) is 35.9. The zero-order valence-corrected chi connectivity index (χ0v) is 10.8. The predicted octanol–water partition coefficient (Wildman–Crippen LogP) is 0.224. The summed E-state index contributed by atoms with van der Waals surface area (Å²) in [6, 6.07) is -0.853. The van der Waals surface area contributed by atoms with E-state index in [2.05, 4.69) is 5.32 Å². The smallest absolute Gasteiger partial charge is 0.326 e. The number of rotatable bonds is 6. The molecule has 1 aliphatic rings. The molecule has 2 unspecified atom stereocenters. The van der Waals surface area contributed by atoms with Crippen LogP contribution in [0.25, 0.3) is 0 Å². The second-order valence-corrected chi connectivity index (χ2v) is 4.52. The predicted molar refractivity (Wildman–Crippen MR) is 64.8 cm³/mol. The first-order chi connectivity index (χ1) is 8.49. The Kier molecular flexibility index (Phi) is 5.12. The number of carboxylic acid groups (broad SMARTS) is 1. The Bertz CT molecular complexity index is 343. The fourth-order valence-electron chi connectivity index (χ4n) is 2.09. The average Bonchev–Trinajstić information content (AvgIpc) is 2.69. The number of nitrogens with zero attached hydrogens (tertiary/aromatic N) is 1.